The van der Waals surface area contributed by atoms with Crippen molar-refractivity contribution in [3.05, 3.63) is 64.1 Å². The van der Waals surface area contributed by atoms with E-state index in [4.69, 9.17) is 5.73 Å². The third-order valence-corrected chi connectivity index (χ3v) is 4.78. The minimum absolute atomic E-state index is 0.0782. The van der Waals surface area contributed by atoms with E-state index in [2.05, 4.69) is 58.4 Å². The van der Waals surface area contributed by atoms with Crippen LogP contribution in [0.1, 0.15) is 24.1 Å². The number of hydrogen-bond donors (Lipinski definition) is 1. The van der Waals surface area contributed by atoms with Crippen LogP contribution in [0.5, 0.6) is 0 Å². The van der Waals surface area contributed by atoms with Crippen LogP contribution in [-0.4, -0.2) is 0 Å². The van der Waals surface area contributed by atoms with Crippen LogP contribution >= 0.6 is 27.7 Å². The van der Waals surface area contributed by atoms with Crippen LogP contribution < -0.4 is 5.73 Å². The maximum absolute atomic E-state index is 5.87. The van der Waals surface area contributed by atoms with Crippen LogP contribution in [-0.2, 0) is 5.75 Å². The molecule has 0 fully saturated rings. The monoisotopic (exact) mass is 321 g/mol. The number of halogens is 1. The molecule has 1 atom stereocenters. The summed E-state index contributed by atoms with van der Waals surface area (Å²) in [4.78, 5) is 1.25. The molecule has 0 aliphatic carbocycles. The lowest BCUT2D eigenvalue weighted by molar-refractivity contribution is 0.815. The molecule has 0 saturated heterocycles. The molecule has 0 unspecified atom stereocenters. The molecular weight excluding hydrogens is 306 g/mol. The highest BCUT2D eigenvalue weighted by molar-refractivity contribution is 9.10. The Labute approximate surface area is 121 Å². The average molecular weight is 322 g/mol. The molecule has 2 N–H and O–H groups in total. The molecule has 3 heteroatoms. The van der Waals surface area contributed by atoms with E-state index in [0.29, 0.717) is 0 Å². The van der Waals surface area contributed by atoms with Gasteiger partial charge in [0.1, 0.15) is 0 Å². The minimum atomic E-state index is 0.0782. The first-order valence-corrected chi connectivity index (χ1v) is 7.66. The molecule has 94 valence electrons. The standard InChI is InChI=1S/C15H16BrNS/c1-11(17)13-7-8-15(14(16)9-13)18-10-12-5-3-2-4-6-12/h2-9,11H,10,17H2,1H3/t11-/m1/s1. The van der Waals surface area contributed by atoms with Gasteiger partial charge in [-0.1, -0.05) is 36.4 Å². The van der Waals surface area contributed by atoms with Crippen LogP contribution in [0.15, 0.2) is 57.9 Å². The first-order chi connectivity index (χ1) is 8.66. The molecule has 2 aromatic carbocycles. The van der Waals surface area contributed by atoms with Gasteiger partial charge < -0.3 is 5.73 Å². The van der Waals surface area contributed by atoms with Crippen molar-refractivity contribution < 1.29 is 0 Å². The molecule has 1 nitrogen and oxygen atoms in total. The summed E-state index contributed by atoms with van der Waals surface area (Å²) in [6.45, 7) is 2.00. The fraction of sp³-hybridized carbons (Fsp3) is 0.200. The lowest BCUT2D eigenvalue weighted by Crippen LogP contribution is -2.04. The first kappa shape index (κ1) is 13.7. The summed E-state index contributed by atoms with van der Waals surface area (Å²) in [5, 5.41) is 0. The lowest BCUT2D eigenvalue weighted by Gasteiger charge is -2.09. The van der Waals surface area contributed by atoms with Crippen molar-refractivity contribution >= 4 is 27.7 Å². The van der Waals surface area contributed by atoms with Crippen molar-refractivity contribution in [1.82, 2.24) is 0 Å². The number of benzene rings is 2. The Morgan fingerprint density at radius 3 is 2.50 bits per heavy atom. The van der Waals surface area contributed by atoms with E-state index in [-0.39, 0.29) is 6.04 Å². The molecular formula is C15H16BrNS. The third kappa shape index (κ3) is 3.61. The number of nitrogens with two attached hydrogens (primary N) is 1. The van der Waals surface area contributed by atoms with Crippen LogP contribution in [0.4, 0.5) is 0 Å². The van der Waals surface area contributed by atoms with Gasteiger partial charge in [-0.2, -0.15) is 0 Å². The Hall–Kier alpha value is -0.770. The quantitative estimate of drug-likeness (QED) is 0.821. The highest BCUT2D eigenvalue weighted by atomic mass is 79.9. The maximum atomic E-state index is 5.87. The van der Waals surface area contributed by atoms with E-state index in [1.165, 1.54) is 10.5 Å². The Morgan fingerprint density at radius 2 is 1.89 bits per heavy atom. The predicted octanol–water partition coefficient (Wildman–Crippen LogP) is 4.76. The SMILES string of the molecule is C[C@@H](N)c1ccc(SCc2ccccc2)c(Br)c1. The second-order valence-corrected chi connectivity index (χ2v) is 6.12. The van der Waals surface area contributed by atoms with E-state index >= 15 is 0 Å². The number of thioether (sulfide) groups is 1. The molecule has 2 aromatic rings. The minimum Gasteiger partial charge on any atom is -0.324 e. The van der Waals surface area contributed by atoms with Gasteiger partial charge in [-0.15, -0.1) is 11.8 Å². The predicted molar refractivity (Wildman–Crippen MR) is 82.7 cm³/mol. The molecule has 0 aliphatic rings. The highest BCUT2D eigenvalue weighted by Crippen LogP contribution is 2.31. The molecule has 0 aliphatic heterocycles. The third-order valence-electron chi connectivity index (χ3n) is 2.72. The zero-order valence-corrected chi connectivity index (χ0v) is 12.7. The summed E-state index contributed by atoms with van der Waals surface area (Å²) in [5.41, 5.74) is 8.37. The molecule has 0 radical (unpaired) electrons. The van der Waals surface area contributed by atoms with Gasteiger partial charge in [0, 0.05) is 21.2 Å². The largest absolute Gasteiger partial charge is 0.324 e. The van der Waals surface area contributed by atoms with E-state index in [1.807, 2.05) is 24.8 Å². The van der Waals surface area contributed by atoms with Crippen molar-refractivity contribution in [2.24, 2.45) is 5.73 Å². The Bertz CT molecular complexity index is 511. The number of rotatable bonds is 4. The van der Waals surface area contributed by atoms with Gasteiger partial charge in [0.15, 0.2) is 0 Å². The molecule has 0 spiro atoms. The topological polar surface area (TPSA) is 26.0 Å². The molecule has 18 heavy (non-hydrogen) atoms. The lowest BCUT2D eigenvalue weighted by atomic mass is 10.1. The van der Waals surface area contributed by atoms with Gasteiger partial charge in [-0.3, -0.25) is 0 Å². The van der Waals surface area contributed by atoms with Crippen LogP contribution in [0.3, 0.4) is 0 Å². The summed E-state index contributed by atoms with van der Waals surface area (Å²) >= 11 is 5.45. The molecule has 0 aromatic heterocycles. The van der Waals surface area contributed by atoms with Crippen molar-refractivity contribution in [3.63, 3.8) is 0 Å². The molecule has 0 amide bonds. The summed E-state index contributed by atoms with van der Waals surface area (Å²) in [6, 6.07) is 16.9. The summed E-state index contributed by atoms with van der Waals surface area (Å²) < 4.78 is 1.12. The maximum Gasteiger partial charge on any atom is 0.0314 e. The molecule has 2 rings (SSSR count). The second kappa shape index (κ2) is 6.41. The molecule has 0 heterocycles. The van der Waals surface area contributed by atoms with Gasteiger partial charge in [-0.25, -0.2) is 0 Å². The molecule has 0 bridgehead atoms. The fourth-order valence-corrected chi connectivity index (χ4v) is 3.27. The Kier molecular flexibility index (Phi) is 4.87. The van der Waals surface area contributed by atoms with Gasteiger partial charge in [0.05, 0.1) is 0 Å². The van der Waals surface area contributed by atoms with E-state index in [1.54, 1.807) is 0 Å². The highest BCUT2D eigenvalue weighted by Gasteiger charge is 2.05. The van der Waals surface area contributed by atoms with Gasteiger partial charge in [-0.05, 0) is 46.1 Å². The first-order valence-electron chi connectivity index (χ1n) is 5.88. The van der Waals surface area contributed by atoms with E-state index in [0.717, 1.165) is 15.8 Å². The van der Waals surface area contributed by atoms with Crippen LogP contribution in [0, 0.1) is 0 Å². The van der Waals surface area contributed by atoms with Crippen molar-refractivity contribution in [2.75, 3.05) is 0 Å². The summed E-state index contributed by atoms with van der Waals surface area (Å²) in [6.07, 6.45) is 0. The fourth-order valence-electron chi connectivity index (χ4n) is 1.65. The Morgan fingerprint density at radius 1 is 1.17 bits per heavy atom. The van der Waals surface area contributed by atoms with Crippen molar-refractivity contribution in [1.29, 1.82) is 0 Å². The normalized spacial score (nSPS) is 12.4. The van der Waals surface area contributed by atoms with Gasteiger partial charge >= 0.3 is 0 Å². The van der Waals surface area contributed by atoms with Gasteiger partial charge in [0.2, 0.25) is 0 Å². The van der Waals surface area contributed by atoms with E-state index < -0.39 is 0 Å². The summed E-state index contributed by atoms with van der Waals surface area (Å²) in [5.74, 6) is 0.983. The Balaban J connectivity index is 2.06. The smallest absolute Gasteiger partial charge is 0.0314 e. The zero-order chi connectivity index (χ0) is 13.0. The van der Waals surface area contributed by atoms with Crippen molar-refractivity contribution in [3.8, 4) is 0 Å². The van der Waals surface area contributed by atoms with E-state index in [9.17, 15) is 0 Å². The van der Waals surface area contributed by atoms with Crippen LogP contribution in [0.2, 0.25) is 0 Å². The van der Waals surface area contributed by atoms with Crippen molar-refractivity contribution in [2.45, 2.75) is 23.6 Å². The zero-order valence-electron chi connectivity index (χ0n) is 10.3. The number of hydrogen-bond acceptors (Lipinski definition) is 2. The summed E-state index contributed by atoms with van der Waals surface area (Å²) in [7, 11) is 0. The average Bonchev–Trinajstić information content (AvgIpc) is 2.38. The van der Waals surface area contributed by atoms with Gasteiger partial charge in [0.25, 0.3) is 0 Å². The molecule has 0 saturated carbocycles. The second-order valence-electron chi connectivity index (χ2n) is 4.25. The van der Waals surface area contributed by atoms with Crippen LogP contribution in [0.25, 0.3) is 0 Å².